The second-order valence-electron chi connectivity index (χ2n) is 12.9. The first-order valence-corrected chi connectivity index (χ1v) is 16.5. The van der Waals surface area contributed by atoms with Crippen LogP contribution in [0.3, 0.4) is 0 Å². The van der Waals surface area contributed by atoms with Gasteiger partial charge in [0, 0.05) is 11.5 Å². The predicted molar refractivity (Wildman–Crippen MR) is 181 cm³/mol. The van der Waals surface area contributed by atoms with Crippen molar-refractivity contribution in [2.75, 3.05) is 39.6 Å². The number of epoxide rings is 3. The Hall–Kier alpha value is -4.56. The largest absolute Gasteiger partial charge is 0.491 e. The number of ether oxygens (including phenoxy) is 7. The molecule has 47 heavy (non-hydrogen) atoms. The van der Waals surface area contributed by atoms with E-state index in [4.69, 9.17) is 33.2 Å². The maximum atomic E-state index is 6.72. The van der Waals surface area contributed by atoms with Crippen LogP contribution in [0.5, 0.6) is 23.0 Å². The fourth-order valence-electron chi connectivity index (χ4n) is 6.24. The Morgan fingerprint density at radius 2 is 1.13 bits per heavy atom. The molecule has 3 fully saturated rings. The summed E-state index contributed by atoms with van der Waals surface area (Å²) in [5.74, 6) is 3.50. The molecule has 0 spiro atoms. The van der Waals surface area contributed by atoms with Crippen LogP contribution < -0.4 is 29.4 Å². The minimum Gasteiger partial charge on any atom is -0.491 e. The molecule has 5 atom stereocenters. The molecule has 0 radical (unpaired) electrons. The molecular formula is C40H36O7. The van der Waals surface area contributed by atoms with Gasteiger partial charge in [-0.1, -0.05) is 49.4 Å². The van der Waals surface area contributed by atoms with Crippen molar-refractivity contribution >= 4 is 33.7 Å². The molecule has 5 aromatic rings. The molecular weight excluding hydrogens is 592 g/mol. The minimum atomic E-state index is -0.169. The molecule has 7 nitrogen and oxygen atoms in total. The number of hydrogen-bond donors (Lipinski definition) is 0. The number of hydrogen-bond acceptors (Lipinski definition) is 7. The number of rotatable bonds is 12. The topological polar surface area (TPSA) is 74.5 Å². The lowest BCUT2D eigenvalue weighted by Gasteiger charge is -2.24. The Morgan fingerprint density at radius 1 is 0.574 bits per heavy atom. The molecule has 238 valence electrons. The fraction of sp³-hybridized carbons (Fsp3) is 0.300. The van der Waals surface area contributed by atoms with Crippen molar-refractivity contribution in [1.29, 1.82) is 0 Å². The summed E-state index contributed by atoms with van der Waals surface area (Å²) in [5.41, 5.74) is 2.14. The van der Waals surface area contributed by atoms with Crippen LogP contribution in [0.15, 0.2) is 84.9 Å². The molecule has 5 aromatic carbocycles. The van der Waals surface area contributed by atoms with E-state index in [1.54, 1.807) is 0 Å². The first kappa shape index (κ1) is 28.6. The molecule has 5 unspecified atom stereocenters. The van der Waals surface area contributed by atoms with Gasteiger partial charge in [-0.05, 0) is 92.2 Å². The summed E-state index contributed by atoms with van der Waals surface area (Å²) in [5, 5.41) is 6.75. The van der Waals surface area contributed by atoms with Crippen LogP contribution in [0, 0.1) is 5.92 Å². The lowest BCUT2D eigenvalue weighted by atomic mass is 9.90. The van der Waals surface area contributed by atoms with Crippen LogP contribution in [0.1, 0.15) is 6.92 Å². The van der Waals surface area contributed by atoms with Crippen molar-refractivity contribution in [3.05, 3.63) is 95.4 Å². The van der Waals surface area contributed by atoms with Gasteiger partial charge in [0.1, 0.15) is 67.2 Å². The van der Waals surface area contributed by atoms with Gasteiger partial charge in [-0.2, -0.15) is 0 Å². The molecule has 0 amide bonds. The summed E-state index contributed by atoms with van der Waals surface area (Å²) in [6.45, 7) is 6.18. The van der Waals surface area contributed by atoms with Crippen molar-refractivity contribution in [3.63, 3.8) is 0 Å². The standard InChI is InChI=1S/C40H36O7/c1-24-12-27-7-11-38(46-23-36-22-45-36)40(28-3-2-25-4-8-31(14-29(25)13-28)41-18-34-20-43-34)37(27)17-39(24)47-33-10-6-26-5-9-32(15-30(26)16-33)42-19-35-21-44-35/h2-17,24,34-36,39H,18-23H2,1H3. The van der Waals surface area contributed by atoms with Gasteiger partial charge in [-0.3, -0.25) is 0 Å². The van der Waals surface area contributed by atoms with Crippen molar-refractivity contribution < 1.29 is 33.2 Å². The summed E-state index contributed by atoms with van der Waals surface area (Å²) in [4.78, 5) is 0. The van der Waals surface area contributed by atoms with Crippen LogP contribution >= 0.6 is 0 Å². The van der Waals surface area contributed by atoms with E-state index in [0.29, 0.717) is 19.8 Å². The van der Waals surface area contributed by atoms with E-state index in [1.807, 2.05) is 18.2 Å². The fourth-order valence-corrected chi connectivity index (χ4v) is 6.24. The van der Waals surface area contributed by atoms with E-state index in [0.717, 1.165) is 80.7 Å². The smallest absolute Gasteiger partial charge is 0.127 e. The monoisotopic (exact) mass is 628 g/mol. The molecule has 0 bridgehead atoms. The summed E-state index contributed by atoms with van der Waals surface area (Å²) >= 11 is 0. The van der Waals surface area contributed by atoms with Crippen LogP contribution in [-0.4, -0.2) is 64.1 Å². The molecule has 3 aliphatic heterocycles. The highest BCUT2D eigenvalue weighted by Crippen LogP contribution is 2.33. The third-order valence-electron chi connectivity index (χ3n) is 9.19. The van der Waals surface area contributed by atoms with Gasteiger partial charge in [-0.25, -0.2) is 0 Å². The summed E-state index contributed by atoms with van der Waals surface area (Å²) in [7, 11) is 0. The SMILES string of the molecule is CC1C=c2ccc(OCC3CO3)c(-c3ccc4ccc(OCC5CO5)cc4c3)c2=CC1Oc1ccc2ccc(OCC3CO3)cc2c1. The molecule has 0 saturated carbocycles. The maximum Gasteiger partial charge on any atom is 0.127 e. The summed E-state index contributed by atoms with van der Waals surface area (Å²) < 4.78 is 41.2. The van der Waals surface area contributed by atoms with E-state index in [2.05, 4.69) is 85.8 Å². The molecule has 1 aliphatic carbocycles. The minimum absolute atomic E-state index is 0.151. The van der Waals surface area contributed by atoms with E-state index in [9.17, 15) is 0 Å². The molecule has 4 aliphatic rings. The van der Waals surface area contributed by atoms with Gasteiger partial charge in [0.05, 0.1) is 19.8 Å². The van der Waals surface area contributed by atoms with Crippen molar-refractivity contribution in [3.8, 4) is 34.1 Å². The molecule has 3 heterocycles. The summed E-state index contributed by atoms with van der Waals surface area (Å²) in [6, 6.07) is 29.5. The van der Waals surface area contributed by atoms with Gasteiger partial charge in [0.25, 0.3) is 0 Å². The van der Waals surface area contributed by atoms with Crippen LogP contribution in [0.4, 0.5) is 0 Å². The molecule has 0 N–H and O–H groups in total. The normalized spacial score (nSPS) is 23.7. The Labute approximate surface area is 272 Å². The lowest BCUT2D eigenvalue weighted by molar-refractivity contribution is 0.231. The average molecular weight is 629 g/mol. The maximum absolute atomic E-state index is 6.72. The van der Waals surface area contributed by atoms with Crippen LogP contribution in [0.2, 0.25) is 0 Å². The Kier molecular flexibility index (Phi) is 7.26. The van der Waals surface area contributed by atoms with Gasteiger partial charge >= 0.3 is 0 Å². The van der Waals surface area contributed by atoms with Crippen molar-refractivity contribution in [1.82, 2.24) is 0 Å². The summed E-state index contributed by atoms with van der Waals surface area (Å²) in [6.07, 6.45) is 4.97. The highest BCUT2D eigenvalue weighted by Gasteiger charge is 2.26. The average Bonchev–Trinajstić information content (AvgIpc) is 3.94. The van der Waals surface area contributed by atoms with Gasteiger partial charge in [0.2, 0.25) is 0 Å². The first-order chi connectivity index (χ1) is 23.1. The number of fused-ring (bicyclic) bond motifs is 3. The van der Waals surface area contributed by atoms with Crippen molar-refractivity contribution in [2.45, 2.75) is 31.3 Å². The zero-order chi connectivity index (χ0) is 31.3. The van der Waals surface area contributed by atoms with E-state index in [-0.39, 0.29) is 30.3 Å². The second-order valence-corrected chi connectivity index (χ2v) is 12.9. The predicted octanol–water partition coefficient (Wildman–Crippen LogP) is 5.65. The van der Waals surface area contributed by atoms with E-state index < -0.39 is 0 Å². The lowest BCUT2D eigenvalue weighted by Crippen LogP contribution is -2.38. The molecule has 0 aromatic heterocycles. The van der Waals surface area contributed by atoms with Crippen molar-refractivity contribution in [2.24, 2.45) is 5.92 Å². The highest BCUT2D eigenvalue weighted by atomic mass is 16.6. The third-order valence-corrected chi connectivity index (χ3v) is 9.19. The zero-order valence-corrected chi connectivity index (χ0v) is 26.2. The zero-order valence-electron chi connectivity index (χ0n) is 26.2. The van der Waals surface area contributed by atoms with E-state index in [1.165, 1.54) is 5.22 Å². The molecule has 3 saturated heterocycles. The molecule has 7 heteroatoms. The van der Waals surface area contributed by atoms with E-state index >= 15 is 0 Å². The Balaban J connectivity index is 1.07. The quantitative estimate of drug-likeness (QED) is 0.165. The van der Waals surface area contributed by atoms with Gasteiger partial charge < -0.3 is 33.2 Å². The van der Waals surface area contributed by atoms with Crippen LogP contribution in [-0.2, 0) is 14.2 Å². The Morgan fingerprint density at radius 3 is 1.77 bits per heavy atom. The first-order valence-electron chi connectivity index (χ1n) is 16.5. The third kappa shape index (κ3) is 6.39. The number of benzene rings is 5. The van der Waals surface area contributed by atoms with Gasteiger partial charge in [0.15, 0.2) is 0 Å². The van der Waals surface area contributed by atoms with Gasteiger partial charge in [-0.15, -0.1) is 0 Å². The molecule has 9 rings (SSSR count). The van der Waals surface area contributed by atoms with Crippen LogP contribution in [0.25, 0.3) is 44.8 Å². The highest BCUT2D eigenvalue weighted by molar-refractivity contribution is 5.90. The second kappa shape index (κ2) is 11.9. The Bertz CT molecular complexity index is 2090.